The molecule has 8 heteroatoms. The van der Waals surface area contributed by atoms with Crippen LogP contribution in [-0.2, 0) is 9.53 Å². The minimum absolute atomic E-state index is 0.0147. The van der Waals surface area contributed by atoms with Crippen LogP contribution in [0.1, 0.15) is 45.1 Å². The molecule has 0 aliphatic heterocycles. The third-order valence-corrected chi connectivity index (χ3v) is 6.05. The minimum Gasteiger partial charge on any atom is -0.497 e. The first-order valence-corrected chi connectivity index (χ1v) is 11.1. The van der Waals surface area contributed by atoms with Crippen LogP contribution in [0.15, 0.2) is 29.4 Å². The highest BCUT2D eigenvalue weighted by atomic mass is 32.2. The lowest BCUT2D eigenvalue weighted by atomic mass is 9.95. The predicted octanol–water partition coefficient (Wildman–Crippen LogP) is 3.70. The number of amides is 1. The van der Waals surface area contributed by atoms with E-state index in [1.54, 1.807) is 14.2 Å². The Balaban J connectivity index is 1.79. The van der Waals surface area contributed by atoms with E-state index in [9.17, 15) is 4.79 Å². The predicted molar refractivity (Wildman–Crippen MR) is 114 cm³/mol. The van der Waals surface area contributed by atoms with Gasteiger partial charge in [-0.1, -0.05) is 31.0 Å². The summed E-state index contributed by atoms with van der Waals surface area (Å²) in [4.78, 5) is 12.3. The van der Waals surface area contributed by atoms with Crippen molar-refractivity contribution in [1.82, 2.24) is 20.1 Å². The van der Waals surface area contributed by atoms with Gasteiger partial charge in [0.1, 0.15) is 5.75 Å². The lowest BCUT2D eigenvalue weighted by Crippen LogP contribution is -2.36. The topological polar surface area (TPSA) is 78.3 Å². The fourth-order valence-corrected chi connectivity index (χ4v) is 4.54. The number of methoxy groups -OCH3 is 2. The molecule has 7 nitrogen and oxygen atoms in total. The summed E-state index contributed by atoms with van der Waals surface area (Å²) in [5, 5.41) is 12.7. The maximum atomic E-state index is 12.3. The van der Waals surface area contributed by atoms with Crippen molar-refractivity contribution in [2.75, 3.05) is 26.6 Å². The van der Waals surface area contributed by atoms with Gasteiger partial charge in [0.15, 0.2) is 11.0 Å². The lowest BCUT2D eigenvalue weighted by Gasteiger charge is -2.25. The molecule has 1 N–H and O–H groups in total. The quantitative estimate of drug-likeness (QED) is 0.626. The van der Waals surface area contributed by atoms with E-state index < -0.39 is 0 Å². The van der Waals surface area contributed by atoms with Gasteiger partial charge in [0.25, 0.3) is 0 Å². The Bertz CT molecular complexity index is 788. The zero-order valence-corrected chi connectivity index (χ0v) is 18.2. The van der Waals surface area contributed by atoms with Crippen molar-refractivity contribution in [2.24, 2.45) is 0 Å². The number of hydrogen-bond acceptors (Lipinski definition) is 6. The fourth-order valence-electron chi connectivity index (χ4n) is 3.72. The van der Waals surface area contributed by atoms with E-state index in [0.29, 0.717) is 18.4 Å². The third-order valence-electron chi connectivity index (χ3n) is 5.11. The molecule has 1 heterocycles. The summed E-state index contributed by atoms with van der Waals surface area (Å²) in [5.41, 5.74) is 1.01. The largest absolute Gasteiger partial charge is 0.497 e. The first-order chi connectivity index (χ1) is 14.1. The van der Waals surface area contributed by atoms with E-state index in [4.69, 9.17) is 9.47 Å². The molecule has 0 saturated heterocycles. The molecule has 3 rings (SSSR count). The van der Waals surface area contributed by atoms with Crippen molar-refractivity contribution in [3.05, 3.63) is 24.3 Å². The van der Waals surface area contributed by atoms with Gasteiger partial charge in [-0.25, -0.2) is 0 Å². The molecule has 1 saturated carbocycles. The lowest BCUT2D eigenvalue weighted by molar-refractivity contribution is -0.119. The van der Waals surface area contributed by atoms with Gasteiger partial charge >= 0.3 is 0 Å². The number of aromatic nitrogens is 3. The monoisotopic (exact) mass is 418 g/mol. The number of thioether (sulfide) groups is 1. The summed E-state index contributed by atoms with van der Waals surface area (Å²) in [6.07, 6.45) is 5.93. The maximum absolute atomic E-state index is 12.3. The molecule has 1 aliphatic rings. The van der Waals surface area contributed by atoms with E-state index in [1.165, 1.54) is 31.0 Å². The summed E-state index contributed by atoms with van der Waals surface area (Å²) in [5.74, 6) is 1.95. The highest BCUT2D eigenvalue weighted by Crippen LogP contribution is 2.35. The number of carbonyl (C=O) groups is 1. The molecule has 0 spiro atoms. The van der Waals surface area contributed by atoms with E-state index in [-0.39, 0.29) is 11.9 Å². The van der Waals surface area contributed by atoms with Crippen molar-refractivity contribution in [3.8, 4) is 17.1 Å². The Hall–Kier alpha value is -2.06. The first kappa shape index (κ1) is 21.6. The number of nitrogens with zero attached hydrogens (tertiary/aromatic N) is 3. The van der Waals surface area contributed by atoms with Crippen LogP contribution < -0.4 is 10.1 Å². The molecule has 1 aromatic heterocycles. The molecule has 29 heavy (non-hydrogen) atoms. The van der Waals surface area contributed by atoms with Gasteiger partial charge in [0, 0.05) is 24.8 Å². The molecule has 1 aliphatic carbocycles. The minimum atomic E-state index is -0.0243. The highest BCUT2D eigenvalue weighted by molar-refractivity contribution is 7.99. The molecule has 2 aromatic rings. The Morgan fingerprint density at radius 3 is 2.59 bits per heavy atom. The Morgan fingerprint density at radius 2 is 1.93 bits per heavy atom. The number of ether oxygens (including phenoxy) is 2. The molecule has 0 radical (unpaired) electrons. The number of benzene rings is 1. The molecule has 1 aromatic carbocycles. The van der Waals surface area contributed by atoms with Crippen LogP contribution in [0.3, 0.4) is 0 Å². The summed E-state index contributed by atoms with van der Waals surface area (Å²) in [6, 6.07) is 8.25. The van der Waals surface area contributed by atoms with Crippen LogP contribution in [0.25, 0.3) is 11.4 Å². The second-order valence-electron chi connectivity index (χ2n) is 7.41. The summed E-state index contributed by atoms with van der Waals surface area (Å²) in [6.45, 7) is 2.43. The second-order valence-corrected chi connectivity index (χ2v) is 8.35. The highest BCUT2D eigenvalue weighted by Gasteiger charge is 2.24. The Labute approximate surface area is 176 Å². The van der Waals surface area contributed by atoms with Gasteiger partial charge < -0.3 is 14.8 Å². The zero-order valence-electron chi connectivity index (χ0n) is 17.4. The first-order valence-electron chi connectivity index (χ1n) is 10.1. The van der Waals surface area contributed by atoms with Crippen molar-refractivity contribution >= 4 is 17.7 Å². The number of carbonyl (C=O) groups excluding carboxylic acids is 1. The van der Waals surface area contributed by atoms with E-state index in [1.807, 2.05) is 31.2 Å². The van der Waals surface area contributed by atoms with E-state index in [2.05, 4.69) is 20.1 Å². The molecule has 1 fully saturated rings. The average molecular weight is 419 g/mol. The smallest absolute Gasteiger partial charge is 0.230 e. The van der Waals surface area contributed by atoms with Crippen LogP contribution in [-0.4, -0.2) is 53.3 Å². The van der Waals surface area contributed by atoms with Crippen molar-refractivity contribution in [1.29, 1.82) is 0 Å². The van der Waals surface area contributed by atoms with Crippen molar-refractivity contribution in [3.63, 3.8) is 0 Å². The summed E-state index contributed by atoms with van der Waals surface area (Å²) < 4.78 is 12.6. The van der Waals surface area contributed by atoms with Crippen LogP contribution in [0.4, 0.5) is 0 Å². The Kier molecular flexibility index (Phi) is 7.94. The molecule has 1 atom stereocenters. The molecule has 0 unspecified atom stereocenters. The SMILES string of the molecule is COC[C@H](C)NC(=O)CSc1nnc(-c2ccc(OC)cc2)n1C1CCCCC1. The molecule has 158 valence electrons. The zero-order chi connectivity index (χ0) is 20.6. The van der Waals surface area contributed by atoms with Gasteiger partial charge in [0.05, 0.1) is 19.5 Å². The number of rotatable bonds is 9. The second kappa shape index (κ2) is 10.6. The molecule has 1 amide bonds. The van der Waals surface area contributed by atoms with E-state index >= 15 is 0 Å². The van der Waals surface area contributed by atoms with Crippen LogP contribution in [0.2, 0.25) is 0 Å². The fraction of sp³-hybridized carbons (Fsp3) is 0.571. The van der Waals surface area contributed by atoms with Gasteiger partial charge in [-0.3, -0.25) is 9.36 Å². The molecular weight excluding hydrogens is 388 g/mol. The maximum Gasteiger partial charge on any atom is 0.230 e. The number of nitrogens with one attached hydrogen (secondary N) is 1. The van der Waals surface area contributed by atoms with Crippen molar-refractivity contribution in [2.45, 2.75) is 56.3 Å². The third kappa shape index (κ3) is 5.73. The standard InChI is InChI=1S/C21H30N4O3S/c1-15(13-27-2)22-19(26)14-29-21-24-23-20(16-9-11-18(28-3)12-10-16)25(21)17-7-5-4-6-8-17/h9-12,15,17H,4-8,13-14H2,1-3H3,(H,22,26)/t15-/m0/s1. The van der Waals surface area contributed by atoms with Gasteiger partial charge in [-0.15, -0.1) is 10.2 Å². The normalized spacial score (nSPS) is 15.8. The molecule has 0 bridgehead atoms. The summed E-state index contributed by atoms with van der Waals surface area (Å²) in [7, 11) is 3.29. The van der Waals surface area contributed by atoms with Crippen LogP contribution in [0.5, 0.6) is 5.75 Å². The Morgan fingerprint density at radius 1 is 1.21 bits per heavy atom. The van der Waals surface area contributed by atoms with E-state index in [0.717, 1.165) is 35.1 Å². The van der Waals surface area contributed by atoms with Crippen molar-refractivity contribution < 1.29 is 14.3 Å². The van der Waals surface area contributed by atoms with Gasteiger partial charge in [0.2, 0.25) is 5.91 Å². The van der Waals surface area contributed by atoms with Crippen LogP contribution >= 0.6 is 11.8 Å². The average Bonchev–Trinajstić information content (AvgIpc) is 3.17. The number of hydrogen-bond donors (Lipinski definition) is 1. The van der Waals surface area contributed by atoms with Gasteiger partial charge in [-0.05, 0) is 44.0 Å². The van der Waals surface area contributed by atoms with Gasteiger partial charge in [-0.2, -0.15) is 0 Å². The molecular formula is C21H30N4O3S. The summed E-state index contributed by atoms with van der Waals surface area (Å²) >= 11 is 1.44. The van der Waals surface area contributed by atoms with Crippen LogP contribution in [0, 0.1) is 0 Å².